The highest BCUT2D eigenvalue weighted by molar-refractivity contribution is 6.29. The van der Waals surface area contributed by atoms with Crippen LogP contribution < -0.4 is 4.90 Å². The average molecular weight is 267 g/mol. The molecule has 0 spiro atoms. The second kappa shape index (κ2) is 5.51. The van der Waals surface area contributed by atoms with Crippen molar-refractivity contribution in [3.05, 3.63) is 17.0 Å². The van der Waals surface area contributed by atoms with Crippen LogP contribution in [0.15, 0.2) is 6.07 Å². The lowest BCUT2D eigenvalue weighted by Crippen LogP contribution is -2.42. The van der Waals surface area contributed by atoms with Crippen molar-refractivity contribution in [3.63, 3.8) is 0 Å². The van der Waals surface area contributed by atoms with Crippen LogP contribution in [0.3, 0.4) is 0 Å². The van der Waals surface area contributed by atoms with Gasteiger partial charge in [-0.2, -0.15) is 5.26 Å². The van der Waals surface area contributed by atoms with E-state index in [1.54, 1.807) is 6.07 Å². The second-order valence-corrected chi connectivity index (χ2v) is 4.88. The molecule has 1 saturated heterocycles. The predicted molar refractivity (Wildman–Crippen MR) is 68.7 cm³/mol. The Morgan fingerprint density at radius 3 is 3.00 bits per heavy atom. The molecule has 0 saturated carbocycles. The lowest BCUT2D eigenvalue weighted by atomic mass is 10.2. The number of morpholine rings is 1. The Kier molecular flexibility index (Phi) is 4.00. The molecular formula is C12H15ClN4O. The van der Waals surface area contributed by atoms with Crippen molar-refractivity contribution in [2.45, 2.75) is 25.9 Å². The maximum absolute atomic E-state index is 8.89. The number of hydrogen-bond donors (Lipinski definition) is 0. The highest BCUT2D eigenvalue weighted by Crippen LogP contribution is 2.21. The summed E-state index contributed by atoms with van der Waals surface area (Å²) in [6.45, 7) is 5.79. The van der Waals surface area contributed by atoms with E-state index in [1.165, 1.54) is 0 Å². The number of halogens is 1. The van der Waals surface area contributed by atoms with Gasteiger partial charge in [-0.15, -0.1) is 0 Å². The number of nitriles is 1. The first kappa shape index (κ1) is 13.1. The minimum atomic E-state index is -0.407. The molecule has 2 rings (SSSR count). The minimum absolute atomic E-state index is 0.218. The van der Waals surface area contributed by atoms with Gasteiger partial charge < -0.3 is 9.64 Å². The molecule has 2 heterocycles. The Hall–Kier alpha value is -1.38. The standard InChI is InChI=1S/C12H15ClN4O/c1-8(2)12-15-10(13)5-11(16-12)17-3-4-18-9(6-14)7-17/h5,8-9H,3-4,7H2,1-2H3. The highest BCUT2D eigenvalue weighted by atomic mass is 35.5. The number of nitrogens with zero attached hydrogens (tertiary/aromatic N) is 4. The fourth-order valence-corrected chi connectivity index (χ4v) is 1.96. The molecule has 1 fully saturated rings. The summed E-state index contributed by atoms with van der Waals surface area (Å²) in [6.07, 6.45) is -0.407. The Balaban J connectivity index is 2.25. The Bertz CT molecular complexity index is 472. The predicted octanol–water partition coefficient (Wildman–Crippen LogP) is 1.98. The Morgan fingerprint density at radius 1 is 1.56 bits per heavy atom. The van der Waals surface area contributed by atoms with Crippen molar-refractivity contribution in [2.75, 3.05) is 24.6 Å². The summed E-state index contributed by atoms with van der Waals surface area (Å²) in [5, 5.41) is 9.33. The van der Waals surface area contributed by atoms with Gasteiger partial charge in [0.15, 0.2) is 6.10 Å². The number of rotatable bonds is 2. The van der Waals surface area contributed by atoms with Crippen LogP contribution in [0, 0.1) is 11.3 Å². The van der Waals surface area contributed by atoms with Gasteiger partial charge in [0, 0.05) is 18.5 Å². The SMILES string of the molecule is CC(C)c1nc(Cl)cc(N2CCOC(C#N)C2)n1. The van der Waals surface area contributed by atoms with Gasteiger partial charge in [-0.05, 0) is 0 Å². The zero-order valence-electron chi connectivity index (χ0n) is 10.4. The molecule has 1 atom stereocenters. The second-order valence-electron chi connectivity index (χ2n) is 4.50. The molecule has 1 unspecified atom stereocenters. The lowest BCUT2D eigenvalue weighted by Gasteiger charge is -2.30. The summed E-state index contributed by atoms with van der Waals surface area (Å²) < 4.78 is 5.31. The molecule has 1 aliphatic rings. The van der Waals surface area contributed by atoms with Gasteiger partial charge in [-0.3, -0.25) is 0 Å². The van der Waals surface area contributed by atoms with E-state index in [2.05, 4.69) is 16.0 Å². The summed E-state index contributed by atoms with van der Waals surface area (Å²) in [7, 11) is 0. The summed E-state index contributed by atoms with van der Waals surface area (Å²) >= 11 is 6.01. The first-order chi connectivity index (χ1) is 8.60. The lowest BCUT2D eigenvalue weighted by molar-refractivity contribution is 0.0761. The largest absolute Gasteiger partial charge is 0.360 e. The third-order valence-electron chi connectivity index (χ3n) is 2.75. The number of ether oxygens (including phenoxy) is 1. The summed E-state index contributed by atoms with van der Waals surface area (Å²) in [6, 6.07) is 3.84. The van der Waals surface area contributed by atoms with Crippen LogP contribution in [0.2, 0.25) is 5.15 Å². The molecule has 0 aliphatic carbocycles. The molecule has 0 amide bonds. The molecule has 1 aromatic rings. The molecular weight excluding hydrogens is 252 g/mol. The fraction of sp³-hybridized carbons (Fsp3) is 0.583. The summed E-state index contributed by atoms with van der Waals surface area (Å²) in [4.78, 5) is 10.7. The number of aromatic nitrogens is 2. The van der Waals surface area contributed by atoms with Crippen molar-refractivity contribution in [1.82, 2.24) is 9.97 Å². The van der Waals surface area contributed by atoms with E-state index in [9.17, 15) is 0 Å². The van der Waals surface area contributed by atoms with E-state index in [0.29, 0.717) is 24.8 Å². The molecule has 18 heavy (non-hydrogen) atoms. The van der Waals surface area contributed by atoms with Crippen molar-refractivity contribution < 1.29 is 4.74 Å². The van der Waals surface area contributed by atoms with Crippen LogP contribution in [0.1, 0.15) is 25.6 Å². The first-order valence-corrected chi connectivity index (χ1v) is 6.28. The smallest absolute Gasteiger partial charge is 0.161 e. The molecule has 5 nitrogen and oxygen atoms in total. The molecule has 6 heteroatoms. The van der Waals surface area contributed by atoms with Crippen LogP contribution >= 0.6 is 11.6 Å². The maximum Gasteiger partial charge on any atom is 0.161 e. The fourth-order valence-electron chi connectivity index (χ4n) is 1.78. The molecule has 1 aliphatic heterocycles. The van der Waals surface area contributed by atoms with Gasteiger partial charge in [-0.1, -0.05) is 25.4 Å². The zero-order chi connectivity index (χ0) is 13.1. The number of hydrogen-bond acceptors (Lipinski definition) is 5. The van der Waals surface area contributed by atoms with Gasteiger partial charge >= 0.3 is 0 Å². The van der Waals surface area contributed by atoms with Crippen LogP contribution in [0.5, 0.6) is 0 Å². The maximum atomic E-state index is 8.89. The van der Waals surface area contributed by atoms with E-state index >= 15 is 0 Å². The first-order valence-electron chi connectivity index (χ1n) is 5.91. The van der Waals surface area contributed by atoms with Gasteiger partial charge in [0.05, 0.1) is 19.2 Å². The average Bonchev–Trinajstić information content (AvgIpc) is 2.38. The van der Waals surface area contributed by atoms with E-state index in [1.807, 2.05) is 18.7 Å². The van der Waals surface area contributed by atoms with E-state index in [-0.39, 0.29) is 5.92 Å². The minimum Gasteiger partial charge on any atom is -0.360 e. The monoisotopic (exact) mass is 266 g/mol. The molecule has 0 aromatic carbocycles. The molecule has 0 bridgehead atoms. The van der Waals surface area contributed by atoms with Crippen molar-refractivity contribution in [2.24, 2.45) is 0 Å². The van der Waals surface area contributed by atoms with E-state index < -0.39 is 6.10 Å². The van der Waals surface area contributed by atoms with Gasteiger partial charge in [0.25, 0.3) is 0 Å². The summed E-state index contributed by atoms with van der Waals surface area (Å²) in [5.41, 5.74) is 0. The topological polar surface area (TPSA) is 62.0 Å². The third-order valence-corrected chi connectivity index (χ3v) is 2.94. The Morgan fingerprint density at radius 2 is 2.33 bits per heavy atom. The van der Waals surface area contributed by atoms with Crippen LogP contribution in [-0.4, -0.2) is 35.8 Å². The third kappa shape index (κ3) is 2.89. The van der Waals surface area contributed by atoms with E-state index in [0.717, 1.165) is 11.6 Å². The highest BCUT2D eigenvalue weighted by Gasteiger charge is 2.22. The Labute approximate surface area is 111 Å². The summed E-state index contributed by atoms with van der Waals surface area (Å²) in [5.74, 6) is 1.70. The van der Waals surface area contributed by atoms with Gasteiger partial charge in [0.1, 0.15) is 16.8 Å². The van der Waals surface area contributed by atoms with Crippen molar-refractivity contribution in [1.29, 1.82) is 5.26 Å². The van der Waals surface area contributed by atoms with Crippen LogP contribution in [0.25, 0.3) is 0 Å². The number of anilines is 1. The van der Waals surface area contributed by atoms with Crippen molar-refractivity contribution in [3.8, 4) is 6.07 Å². The normalized spacial score (nSPS) is 19.9. The zero-order valence-corrected chi connectivity index (χ0v) is 11.2. The van der Waals surface area contributed by atoms with Gasteiger partial charge in [-0.25, -0.2) is 9.97 Å². The molecule has 1 aromatic heterocycles. The quantitative estimate of drug-likeness (QED) is 0.766. The van der Waals surface area contributed by atoms with Gasteiger partial charge in [0.2, 0.25) is 0 Å². The molecule has 0 radical (unpaired) electrons. The van der Waals surface area contributed by atoms with E-state index in [4.69, 9.17) is 21.6 Å². The van der Waals surface area contributed by atoms with Crippen LogP contribution in [-0.2, 0) is 4.74 Å². The molecule has 96 valence electrons. The molecule has 0 N–H and O–H groups in total. The van der Waals surface area contributed by atoms with Crippen molar-refractivity contribution >= 4 is 17.4 Å². The van der Waals surface area contributed by atoms with Crippen LogP contribution in [0.4, 0.5) is 5.82 Å².